The maximum absolute atomic E-state index is 11.5. The number of carboxylic acids is 1. The van der Waals surface area contributed by atoms with Crippen LogP contribution in [0.25, 0.3) is 0 Å². The highest BCUT2D eigenvalue weighted by Crippen LogP contribution is 2.18. The summed E-state index contributed by atoms with van der Waals surface area (Å²) in [6, 6.07) is -0.880. The van der Waals surface area contributed by atoms with E-state index in [0.29, 0.717) is 11.4 Å². The highest BCUT2D eigenvalue weighted by atomic mass is 32.1. The van der Waals surface area contributed by atoms with Crippen molar-refractivity contribution in [3.63, 3.8) is 0 Å². The lowest BCUT2D eigenvalue weighted by Gasteiger charge is -2.14. The van der Waals surface area contributed by atoms with E-state index in [1.807, 2.05) is 6.92 Å². The maximum atomic E-state index is 11.5. The Bertz CT molecular complexity index is 419. The van der Waals surface area contributed by atoms with Crippen LogP contribution < -0.4 is 11.1 Å². The molecule has 1 rings (SSSR count). The zero-order valence-corrected chi connectivity index (χ0v) is 10.5. The number of carboxylic acid groups (broad SMARTS) is 1. The molecule has 1 amide bonds. The van der Waals surface area contributed by atoms with Gasteiger partial charge in [0, 0.05) is 5.38 Å². The highest BCUT2D eigenvalue weighted by molar-refractivity contribution is 7.09. The van der Waals surface area contributed by atoms with Gasteiger partial charge in [-0.1, -0.05) is 6.92 Å². The first kappa shape index (κ1) is 13.6. The van der Waals surface area contributed by atoms with Crippen LogP contribution >= 0.6 is 11.3 Å². The van der Waals surface area contributed by atoms with E-state index in [0.717, 1.165) is 0 Å². The molecule has 0 aliphatic heterocycles. The second-order valence-electron chi connectivity index (χ2n) is 3.62. The molecule has 7 heteroatoms. The van der Waals surface area contributed by atoms with Gasteiger partial charge in [-0.25, -0.2) is 9.78 Å². The smallest absolute Gasteiger partial charge is 0.355 e. The van der Waals surface area contributed by atoms with Gasteiger partial charge in [0.1, 0.15) is 5.01 Å². The molecule has 6 nitrogen and oxygen atoms in total. The van der Waals surface area contributed by atoms with Crippen molar-refractivity contribution in [2.24, 2.45) is 5.73 Å². The number of nitrogens with two attached hydrogens (primary N) is 1. The summed E-state index contributed by atoms with van der Waals surface area (Å²) in [6.07, 6.45) is 0.552. The Labute approximate surface area is 103 Å². The molecule has 0 fully saturated rings. The molecule has 0 aliphatic rings. The summed E-state index contributed by atoms with van der Waals surface area (Å²) in [6.45, 7) is 3.56. The third kappa shape index (κ3) is 3.50. The Balaban J connectivity index is 2.66. The van der Waals surface area contributed by atoms with Crippen LogP contribution in [0.4, 0.5) is 0 Å². The number of hydrogen-bond acceptors (Lipinski definition) is 5. The molecule has 0 aliphatic carbocycles. The molecule has 1 aromatic heterocycles. The number of hydrogen-bond donors (Lipinski definition) is 3. The monoisotopic (exact) mass is 257 g/mol. The minimum absolute atomic E-state index is 0.00844. The zero-order valence-electron chi connectivity index (χ0n) is 9.64. The first-order valence-electron chi connectivity index (χ1n) is 5.20. The van der Waals surface area contributed by atoms with Gasteiger partial charge in [0.25, 0.3) is 0 Å². The summed E-state index contributed by atoms with van der Waals surface area (Å²) >= 11 is 1.20. The predicted octanol–water partition coefficient (Wildman–Crippen LogP) is 0.756. The van der Waals surface area contributed by atoms with Crippen LogP contribution in [0.2, 0.25) is 0 Å². The second-order valence-corrected chi connectivity index (χ2v) is 4.51. The zero-order chi connectivity index (χ0) is 13.0. The number of amides is 1. The number of nitrogens with zero attached hydrogens (tertiary/aromatic N) is 1. The van der Waals surface area contributed by atoms with Crippen molar-refractivity contribution in [2.75, 3.05) is 0 Å². The molecule has 17 heavy (non-hydrogen) atoms. The van der Waals surface area contributed by atoms with Crippen LogP contribution in [0.3, 0.4) is 0 Å². The van der Waals surface area contributed by atoms with Crippen LogP contribution in [0.15, 0.2) is 5.38 Å². The van der Waals surface area contributed by atoms with Gasteiger partial charge >= 0.3 is 5.97 Å². The van der Waals surface area contributed by atoms with Gasteiger partial charge in [-0.15, -0.1) is 11.3 Å². The average Bonchev–Trinajstić information content (AvgIpc) is 2.77. The highest BCUT2D eigenvalue weighted by Gasteiger charge is 2.18. The van der Waals surface area contributed by atoms with Crippen LogP contribution in [-0.2, 0) is 4.79 Å². The number of rotatable bonds is 5. The van der Waals surface area contributed by atoms with Crippen molar-refractivity contribution in [1.82, 2.24) is 10.3 Å². The molecule has 4 N–H and O–H groups in total. The molecule has 1 heterocycles. The Kier molecular flexibility index (Phi) is 4.59. The Morgan fingerprint density at radius 2 is 2.29 bits per heavy atom. The molecule has 0 saturated carbocycles. The first-order chi connectivity index (χ1) is 7.95. The average molecular weight is 257 g/mol. The lowest BCUT2D eigenvalue weighted by atomic mass is 10.2. The molecule has 1 aromatic rings. The number of thiazole rings is 1. The number of aromatic nitrogens is 1. The van der Waals surface area contributed by atoms with Crippen LogP contribution in [0.5, 0.6) is 0 Å². The summed E-state index contributed by atoms with van der Waals surface area (Å²) in [5.74, 6) is -1.33. The SMILES string of the molecule is CC[C@H](N)C(=O)NC(C)c1nc(C(=O)O)cs1. The fourth-order valence-electron chi connectivity index (χ4n) is 1.15. The van der Waals surface area contributed by atoms with Gasteiger partial charge in [-0.05, 0) is 13.3 Å². The Hall–Kier alpha value is -1.47. The first-order valence-corrected chi connectivity index (χ1v) is 6.08. The minimum Gasteiger partial charge on any atom is -0.476 e. The summed E-state index contributed by atoms with van der Waals surface area (Å²) in [4.78, 5) is 26.1. The lowest BCUT2D eigenvalue weighted by Crippen LogP contribution is -2.41. The molecule has 0 bridgehead atoms. The van der Waals surface area contributed by atoms with E-state index in [1.54, 1.807) is 6.92 Å². The number of nitrogens with one attached hydrogen (secondary N) is 1. The quantitative estimate of drug-likeness (QED) is 0.722. The largest absolute Gasteiger partial charge is 0.476 e. The Morgan fingerprint density at radius 1 is 1.65 bits per heavy atom. The van der Waals surface area contributed by atoms with Crippen LogP contribution in [0.1, 0.15) is 41.8 Å². The molecule has 0 radical (unpaired) electrons. The maximum Gasteiger partial charge on any atom is 0.355 e. The standard InChI is InChI=1S/C10H15N3O3S/c1-3-6(11)8(14)12-5(2)9-13-7(4-17-9)10(15)16/h4-6H,3,11H2,1-2H3,(H,12,14)(H,15,16)/t5?,6-/m0/s1. The molecule has 2 atom stereocenters. The van der Waals surface area contributed by atoms with E-state index in [4.69, 9.17) is 10.8 Å². The van der Waals surface area contributed by atoms with Crippen LogP contribution in [0, 0.1) is 0 Å². The fraction of sp³-hybridized carbons (Fsp3) is 0.500. The van der Waals surface area contributed by atoms with Gasteiger partial charge in [0.2, 0.25) is 5.91 Å². The minimum atomic E-state index is -1.07. The van der Waals surface area contributed by atoms with Gasteiger partial charge in [-0.2, -0.15) is 0 Å². The van der Waals surface area contributed by atoms with E-state index in [1.165, 1.54) is 16.7 Å². The fourth-order valence-corrected chi connectivity index (χ4v) is 1.95. The number of aromatic carboxylic acids is 1. The normalized spacial score (nSPS) is 14.1. The van der Waals surface area contributed by atoms with Gasteiger partial charge in [0.15, 0.2) is 5.69 Å². The van der Waals surface area contributed by atoms with Gasteiger partial charge in [0.05, 0.1) is 12.1 Å². The van der Waals surface area contributed by atoms with Crippen molar-refractivity contribution in [2.45, 2.75) is 32.4 Å². The van der Waals surface area contributed by atoms with E-state index in [2.05, 4.69) is 10.3 Å². The van der Waals surface area contributed by atoms with Gasteiger partial charge < -0.3 is 16.2 Å². The third-order valence-corrected chi connectivity index (χ3v) is 3.27. The number of carbonyl (C=O) groups is 2. The molecule has 0 spiro atoms. The summed E-state index contributed by atoms with van der Waals surface area (Å²) in [5.41, 5.74) is 5.56. The van der Waals surface area contributed by atoms with Crippen molar-refractivity contribution < 1.29 is 14.7 Å². The molecule has 1 unspecified atom stereocenters. The van der Waals surface area contributed by atoms with Gasteiger partial charge in [-0.3, -0.25) is 4.79 Å². The van der Waals surface area contributed by atoms with E-state index >= 15 is 0 Å². The Morgan fingerprint density at radius 3 is 2.76 bits per heavy atom. The summed E-state index contributed by atoms with van der Waals surface area (Å²) in [7, 11) is 0. The van der Waals surface area contributed by atoms with E-state index in [-0.39, 0.29) is 17.6 Å². The van der Waals surface area contributed by atoms with Crippen molar-refractivity contribution in [1.29, 1.82) is 0 Å². The molecule has 0 aromatic carbocycles. The molecular formula is C10H15N3O3S. The van der Waals surface area contributed by atoms with Crippen LogP contribution in [-0.4, -0.2) is 28.0 Å². The summed E-state index contributed by atoms with van der Waals surface area (Å²) < 4.78 is 0. The predicted molar refractivity (Wildman–Crippen MR) is 63.9 cm³/mol. The second kappa shape index (κ2) is 5.74. The van der Waals surface area contributed by atoms with Crippen molar-refractivity contribution >= 4 is 23.2 Å². The molecule has 0 saturated heterocycles. The third-order valence-electron chi connectivity index (χ3n) is 2.25. The number of carbonyl (C=O) groups excluding carboxylic acids is 1. The summed E-state index contributed by atoms with van der Waals surface area (Å²) in [5, 5.41) is 13.4. The van der Waals surface area contributed by atoms with E-state index in [9.17, 15) is 9.59 Å². The molecular weight excluding hydrogens is 242 g/mol. The van der Waals surface area contributed by atoms with E-state index < -0.39 is 12.0 Å². The lowest BCUT2D eigenvalue weighted by molar-refractivity contribution is -0.123. The molecule has 94 valence electrons. The topological polar surface area (TPSA) is 105 Å². The van der Waals surface area contributed by atoms with Crippen molar-refractivity contribution in [3.8, 4) is 0 Å². The van der Waals surface area contributed by atoms with Crippen molar-refractivity contribution in [3.05, 3.63) is 16.1 Å².